The fourth-order valence-electron chi connectivity index (χ4n) is 2.10. The van der Waals surface area contributed by atoms with Crippen LogP contribution in [-0.4, -0.2) is 33.4 Å². The Morgan fingerprint density at radius 3 is 2.76 bits per heavy atom. The minimum atomic E-state index is -3.90. The molecule has 0 spiro atoms. The number of sulfonamides is 1. The highest BCUT2D eigenvalue weighted by Crippen LogP contribution is 2.30. The summed E-state index contributed by atoms with van der Waals surface area (Å²) in [7, 11) is -3.90. The third kappa shape index (κ3) is 3.38. The maximum Gasteiger partial charge on any atom is 0.262 e. The van der Waals surface area contributed by atoms with Crippen molar-refractivity contribution in [2.45, 2.75) is 18.2 Å². The van der Waals surface area contributed by atoms with Gasteiger partial charge in [-0.1, -0.05) is 4.89 Å². The van der Waals surface area contributed by atoms with Crippen LogP contribution in [0.15, 0.2) is 23.1 Å². The van der Waals surface area contributed by atoms with Crippen molar-refractivity contribution in [3.8, 4) is 0 Å². The van der Waals surface area contributed by atoms with Crippen molar-refractivity contribution >= 4 is 27.5 Å². The lowest BCUT2D eigenvalue weighted by molar-refractivity contribution is -0.123. The number of hydrogen-bond donors (Lipinski definition) is 2. The number of benzene rings is 1. The first-order valence-corrected chi connectivity index (χ1v) is 7.62. The Morgan fingerprint density at radius 2 is 2.14 bits per heavy atom. The SMILES string of the molecule is CC(=O)N1CCc2cc(S(=O)(=O)NOCC(N)=O)ccc21. The van der Waals surface area contributed by atoms with E-state index in [0.717, 1.165) is 5.56 Å². The van der Waals surface area contributed by atoms with E-state index >= 15 is 0 Å². The standard InChI is InChI=1S/C12H15N3O5S/c1-8(16)15-5-4-9-6-10(2-3-11(9)15)21(18,19)14-20-7-12(13)17/h2-3,6,14H,4-5,7H2,1H3,(H2,13,17). The number of carbonyl (C=O) groups is 2. The molecule has 1 aromatic rings. The summed E-state index contributed by atoms with van der Waals surface area (Å²) in [6, 6.07) is 4.43. The van der Waals surface area contributed by atoms with E-state index in [9.17, 15) is 18.0 Å². The smallest absolute Gasteiger partial charge is 0.262 e. The van der Waals surface area contributed by atoms with Crippen LogP contribution in [0.3, 0.4) is 0 Å². The molecule has 0 unspecified atom stereocenters. The van der Waals surface area contributed by atoms with Gasteiger partial charge in [0.1, 0.15) is 6.61 Å². The summed E-state index contributed by atoms with van der Waals surface area (Å²) >= 11 is 0. The van der Waals surface area contributed by atoms with Crippen molar-refractivity contribution in [2.24, 2.45) is 5.73 Å². The molecule has 2 rings (SSSR count). The molecular formula is C12H15N3O5S. The van der Waals surface area contributed by atoms with Gasteiger partial charge in [-0.15, -0.1) is 0 Å². The third-order valence-electron chi connectivity index (χ3n) is 3.02. The van der Waals surface area contributed by atoms with Gasteiger partial charge in [-0.3, -0.25) is 14.4 Å². The molecule has 8 nitrogen and oxygen atoms in total. The number of nitrogens with two attached hydrogens (primary N) is 1. The maximum atomic E-state index is 12.0. The van der Waals surface area contributed by atoms with Crippen molar-refractivity contribution < 1.29 is 22.8 Å². The normalized spacial score (nSPS) is 14.0. The summed E-state index contributed by atoms with van der Waals surface area (Å²) in [5.41, 5.74) is 6.32. The van der Waals surface area contributed by atoms with Crippen LogP contribution in [-0.2, 0) is 30.9 Å². The Bertz CT molecular complexity index is 686. The molecule has 1 aliphatic rings. The van der Waals surface area contributed by atoms with Crippen LogP contribution < -0.4 is 15.5 Å². The highest BCUT2D eigenvalue weighted by atomic mass is 32.2. The predicted molar refractivity (Wildman–Crippen MR) is 73.6 cm³/mol. The molecule has 0 bridgehead atoms. The number of nitrogens with zero attached hydrogens (tertiary/aromatic N) is 1. The van der Waals surface area contributed by atoms with Crippen LogP contribution in [0.2, 0.25) is 0 Å². The summed E-state index contributed by atoms with van der Waals surface area (Å²) in [5, 5.41) is 0. The molecule has 3 N–H and O–H groups in total. The van der Waals surface area contributed by atoms with Gasteiger partial charge in [0.25, 0.3) is 10.0 Å². The number of amides is 2. The fourth-order valence-corrected chi connectivity index (χ4v) is 2.95. The van der Waals surface area contributed by atoms with E-state index in [1.807, 2.05) is 4.89 Å². The van der Waals surface area contributed by atoms with Crippen LogP contribution in [0, 0.1) is 0 Å². The molecule has 0 saturated carbocycles. The van der Waals surface area contributed by atoms with Crippen molar-refractivity contribution in [3.63, 3.8) is 0 Å². The fraction of sp³-hybridized carbons (Fsp3) is 0.333. The van der Waals surface area contributed by atoms with Crippen molar-refractivity contribution in [2.75, 3.05) is 18.1 Å². The summed E-state index contributed by atoms with van der Waals surface area (Å²) in [4.78, 5) is 29.8. The molecule has 0 fully saturated rings. The van der Waals surface area contributed by atoms with Gasteiger partial charge < -0.3 is 10.6 Å². The van der Waals surface area contributed by atoms with Gasteiger partial charge in [0.15, 0.2) is 0 Å². The Balaban J connectivity index is 2.19. The average molecular weight is 313 g/mol. The monoisotopic (exact) mass is 313 g/mol. The first-order valence-electron chi connectivity index (χ1n) is 6.14. The van der Waals surface area contributed by atoms with E-state index in [0.29, 0.717) is 18.7 Å². The molecule has 0 aromatic heterocycles. The lowest BCUT2D eigenvalue weighted by Crippen LogP contribution is -2.29. The summed E-state index contributed by atoms with van der Waals surface area (Å²) in [6.07, 6.45) is 0.584. The van der Waals surface area contributed by atoms with Crippen LogP contribution in [0.5, 0.6) is 0 Å². The van der Waals surface area contributed by atoms with E-state index in [2.05, 4.69) is 4.84 Å². The first-order chi connectivity index (χ1) is 9.81. The van der Waals surface area contributed by atoms with E-state index < -0.39 is 22.5 Å². The number of hydrogen-bond acceptors (Lipinski definition) is 5. The Labute approximate surface area is 121 Å². The molecular weight excluding hydrogens is 298 g/mol. The van der Waals surface area contributed by atoms with Gasteiger partial charge in [0, 0.05) is 19.2 Å². The highest BCUT2D eigenvalue weighted by molar-refractivity contribution is 7.89. The second-order valence-corrected chi connectivity index (χ2v) is 6.20. The second-order valence-electron chi connectivity index (χ2n) is 4.55. The van der Waals surface area contributed by atoms with Crippen LogP contribution in [0.1, 0.15) is 12.5 Å². The van der Waals surface area contributed by atoms with Crippen LogP contribution in [0.4, 0.5) is 5.69 Å². The second kappa shape index (κ2) is 5.80. The zero-order valence-electron chi connectivity index (χ0n) is 11.3. The number of carbonyl (C=O) groups excluding carboxylic acids is 2. The van der Waals surface area contributed by atoms with Crippen molar-refractivity contribution in [1.82, 2.24) is 4.89 Å². The third-order valence-corrected chi connectivity index (χ3v) is 4.23. The molecule has 0 saturated heterocycles. The Morgan fingerprint density at radius 1 is 1.43 bits per heavy atom. The zero-order chi connectivity index (χ0) is 15.6. The van der Waals surface area contributed by atoms with Gasteiger partial charge in [-0.2, -0.15) is 0 Å². The van der Waals surface area contributed by atoms with Gasteiger partial charge in [-0.05, 0) is 30.2 Å². The van der Waals surface area contributed by atoms with Gasteiger partial charge in [0.2, 0.25) is 11.8 Å². The number of rotatable bonds is 5. The van der Waals surface area contributed by atoms with Gasteiger partial charge >= 0.3 is 0 Å². The molecule has 0 radical (unpaired) electrons. The topological polar surface area (TPSA) is 119 Å². The molecule has 0 atom stereocenters. The molecule has 1 aromatic carbocycles. The lowest BCUT2D eigenvalue weighted by Gasteiger charge is -2.15. The molecule has 1 aliphatic heterocycles. The molecule has 0 aliphatic carbocycles. The zero-order valence-corrected chi connectivity index (χ0v) is 12.1. The van der Waals surface area contributed by atoms with E-state index in [-0.39, 0.29) is 10.8 Å². The average Bonchev–Trinajstić information content (AvgIpc) is 2.80. The van der Waals surface area contributed by atoms with Gasteiger partial charge in [-0.25, -0.2) is 8.42 Å². The van der Waals surface area contributed by atoms with E-state index in [1.165, 1.54) is 19.1 Å². The highest BCUT2D eigenvalue weighted by Gasteiger charge is 2.24. The summed E-state index contributed by atoms with van der Waals surface area (Å²) in [6.45, 7) is 1.43. The Kier molecular flexibility index (Phi) is 4.26. The van der Waals surface area contributed by atoms with E-state index in [4.69, 9.17) is 5.73 Å². The summed E-state index contributed by atoms with van der Waals surface area (Å²) < 4.78 is 23.9. The minimum absolute atomic E-state index is 0.00359. The largest absolute Gasteiger partial charge is 0.368 e. The number of primary amides is 1. The van der Waals surface area contributed by atoms with Crippen LogP contribution in [0.25, 0.3) is 0 Å². The molecule has 114 valence electrons. The van der Waals surface area contributed by atoms with Crippen molar-refractivity contribution in [3.05, 3.63) is 23.8 Å². The lowest BCUT2D eigenvalue weighted by atomic mass is 10.2. The quantitative estimate of drug-likeness (QED) is 0.696. The minimum Gasteiger partial charge on any atom is -0.368 e. The molecule has 21 heavy (non-hydrogen) atoms. The molecule has 1 heterocycles. The first kappa shape index (κ1) is 15.4. The van der Waals surface area contributed by atoms with Crippen molar-refractivity contribution in [1.29, 1.82) is 0 Å². The molecule has 2 amide bonds. The summed E-state index contributed by atoms with van der Waals surface area (Å²) in [5.74, 6) is -0.879. The number of nitrogens with one attached hydrogen (secondary N) is 1. The molecule has 9 heteroatoms. The predicted octanol–water partition coefficient (Wildman–Crippen LogP) is -0.709. The van der Waals surface area contributed by atoms with Gasteiger partial charge in [0.05, 0.1) is 4.90 Å². The number of anilines is 1. The Hall–Kier alpha value is -1.97. The van der Waals surface area contributed by atoms with Crippen LogP contribution >= 0.6 is 0 Å². The van der Waals surface area contributed by atoms with E-state index in [1.54, 1.807) is 11.0 Å². The maximum absolute atomic E-state index is 12.0. The number of fused-ring (bicyclic) bond motifs is 1.